The Morgan fingerprint density at radius 2 is 1.85 bits per heavy atom. The van der Waals surface area contributed by atoms with Crippen LogP contribution in [-0.2, 0) is 24.3 Å². The maximum Gasteiger partial charge on any atom is 0.267 e. The number of hydrogen-bond acceptors (Lipinski definition) is 5. The molecule has 0 saturated heterocycles. The second kappa shape index (κ2) is 12.0. The number of aliphatic hydroxyl groups excluding tert-OH is 1. The molecule has 3 N–H and O–H groups in total. The lowest BCUT2D eigenvalue weighted by atomic mass is 10.0. The van der Waals surface area contributed by atoms with E-state index < -0.39 is 35.2 Å². The van der Waals surface area contributed by atoms with Crippen LogP contribution in [0.15, 0.2) is 65.6 Å². The second-order valence-corrected chi connectivity index (χ2v) is 8.75. The van der Waals surface area contributed by atoms with Crippen LogP contribution >= 0.6 is 22.6 Å². The van der Waals surface area contributed by atoms with E-state index in [1.807, 2.05) is 24.3 Å². The zero-order valence-electron chi connectivity index (χ0n) is 17.5. The average molecular weight is 568 g/mol. The first-order chi connectivity index (χ1) is 15.8. The molecule has 1 amide bonds. The summed E-state index contributed by atoms with van der Waals surface area (Å²) in [6, 6.07) is 12.8. The number of aliphatic hydroxyl groups is 1. The molecule has 0 bridgehead atoms. The monoisotopic (exact) mass is 568 g/mol. The van der Waals surface area contributed by atoms with Gasteiger partial charge in [-0.2, -0.15) is 5.10 Å². The smallest absolute Gasteiger partial charge is 0.267 e. The topological polar surface area (TPSA) is 96.2 Å². The molecular weight excluding hydrogens is 545 g/mol. The summed E-state index contributed by atoms with van der Waals surface area (Å²) in [6.45, 7) is 0.264. The van der Waals surface area contributed by atoms with Crippen molar-refractivity contribution in [2.45, 2.75) is 31.7 Å². The average Bonchev–Trinajstić information content (AvgIpc) is 2.74. The van der Waals surface area contributed by atoms with Crippen molar-refractivity contribution in [2.24, 2.45) is 0 Å². The molecule has 7 nitrogen and oxygen atoms in total. The largest absolute Gasteiger partial charge is 0.390 e. The van der Waals surface area contributed by atoms with Gasteiger partial charge >= 0.3 is 0 Å². The van der Waals surface area contributed by atoms with Gasteiger partial charge in [0.25, 0.3) is 5.56 Å². The number of benzene rings is 2. The molecule has 174 valence electrons. The van der Waals surface area contributed by atoms with Gasteiger partial charge < -0.3 is 15.7 Å². The maximum absolute atomic E-state index is 13.6. The van der Waals surface area contributed by atoms with Gasteiger partial charge in [0.05, 0.1) is 12.1 Å². The Balaban J connectivity index is 1.68. The molecule has 2 aromatic carbocycles. The van der Waals surface area contributed by atoms with Crippen LogP contribution in [-0.4, -0.2) is 39.5 Å². The van der Waals surface area contributed by atoms with E-state index in [1.54, 1.807) is 0 Å². The number of amides is 1. The van der Waals surface area contributed by atoms with Crippen LogP contribution in [0.1, 0.15) is 11.1 Å². The molecule has 3 aromatic rings. The number of carbonyl (C=O) groups excluding carboxylic acids is 1. The Bertz CT molecular complexity index is 1140. The molecule has 1 heterocycles. The van der Waals surface area contributed by atoms with Crippen molar-refractivity contribution in [3.8, 4) is 0 Å². The quantitative estimate of drug-likeness (QED) is 0.326. The molecule has 10 heteroatoms. The first kappa shape index (κ1) is 24.9. The van der Waals surface area contributed by atoms with Crippen molar-refractivity contribution < 1.29 is 18.7 Å². The van der Waals surface area contributed by atoms with Crippen LogP contribution in [0.2, 0.25) is 0 Å². The maximum atomic E-state index is 13.6. The van der Waals surface area contributed by atoms with E-state index in [9.17, 15) is 23.5 Å². The Morgan fingerprint density at radius 3 is 2.55 bits per heavy atom. The summed E-state index contributed by atoms with van der Waals surface area (Å²) in [4.78, 5) is 24.4. The molecular formula is C23H23F2IN4O3. The lowest BCUT2D eigenvalue weighted by molar-refractivity contribution is -0.123. The Labute approximate surface area is 203 Å². The van der Waals surface area contributed by atoms with E-state index >= 15 is 0 Å². The van der Waals surface area contributed by atoms with Gasteiger partial charge in [-0.05, 0) is 70.5 Å². The normalized spacial score (nSPS) is 12.8. The molecule has 0 aliphatic heterocycles. The summed E-state index contributed by atoms with van der Waals surface area (Å²) >= 11 is 2.21. The van der Waals surface area contributed by atoms with Crippen LogP contribution in [0.5, 0.6) is 0 Å². The summed E-state index contributed by atoms with van der Waals surface area (Å²) in [5.74, 6) is -2.06. The molecule has 0 radical (unpaired) electrons. The van der Waals surface area contributed by atoms with Crippen molar-refractivity contribution >= 4 is 28.5 Å². The minimum atomic E-state index is -1.07. The molecule has 1 aromatic heterocycles. The standard InChI is InChI=1S/C23H23F2IN4O3/c24-17-7-16(8-18(25)11-17)10-20(29-22(32)14-30-23(33)5-2-6-28-30)21(31)13-27-12-15-3-1-4-19(26)9-15/h1-9,11,20-21,27,31H,10,12-14H2,(H,29,32). The third kappa shape index (κ3) is 7.98. The highest BCUT2D eigenvalue weighted by Gasteiger charge is 2.23. The van der Waals surface area contributed by atoms with Gasteiger partial charge in [-0.25, -0.2) is 13.5 Å². The minimum absolute atomic E-state index is 0.0103. The summed E-state index contributed by atoms with van der Waals surface area (Å²) in [6.07, 6.45) is 0.304. The Kier molecular flexibility index (Phi) is 9.03. The van der Waals surface area contributed by atoms with Crippen molar-refractivity contribution in [1.29, 1.82) is 0 Å². The number of halogens is 3. The summed E-state index contributed by atoms with van der Waals surface area (Å²) in [5.41, 5.74) is 0.858. The number of aromatic nitrogens is 2. The van der Waals surface area contributed by atoms with Crippen LogP contribution < -0.4 is 16.2 Å². The molecule has 2 unspecified atom stereocenters. The van der Waals surface area contributed by atoms with Gasteiger partial charge in [-0.3, -0.25) is 9.59 Å². The SMILES string of the molecule is O=C(Cn1ncccc1=O)NC(Cc1cc(F)cc(F)c1)C(O)CNCc1cccc(I)c1. The molecule has 2 atom stereocenters. The molecule has 33 heavy (non-hydrogen) atoms. The van der Waals surface area contributed by atoms with Crippen molar-refractivity contribution in [1.82, 2.24) is 20.4 Å². The highest BCUT2D eigenvalue weighted by molar-refractivity contribution is 14.1. The van der Waals surface area contributed by atoms with Gasteiger partial charge in [0.2, 0.25) is 5.91 Å². The predicted octanol–water partition coefficient (Wildman–Crippen LogP) is 2.00. The number of carbonyl (C=O) groups is 1. The van der Waals surface area contributed by atoms with E-state index in [2.05, 4.69) is 38.3 Å². The zero-order valence-corrected chi connectivity index (χ0v) is 19.7. The van der Waals surface area contributed by atoms with Gasteiger partial charge in [0.1, 0.15) is 18.2 Å². The predicted molar refractivity (Wildman–Crippen MR) is 127 cm³/mol. The summed E-state index contributed by atoms with van der Waals surface area (Å²) < 4.78 is 29.4. The molecule has 0 fully saturated rings. The molecule has 3 rings (SSSR count). The highest BCUT2D eigenvalue weighted by atomic mass is 127. The first-order valence-electron chi connectivity index (χ1n) is 10.2. The van der Waals surface area contributed by atoms with Crippen molar-refractivity contribution in [2.75, 3.05) is 6.54 Å². The first-order valence-corrected chi connectivity index (χ1v) is 11.3. The van der Waals surface area contributed by atoms with Gasteiger partial charge in [0.15, 0.2) is 0 Å². The summed E-state index contributed by atoms with van der Waals surface area (Å²) in [7, 11) is 0. The molecule has 0 aliphatic rings. The fourth-order valence-corrected chi connectivity index (χ4v) is 3.92. The van der Waals surface area contributed by atoms with Crippen molar-refractivity contribution in [3.05, 3.63) is 97.5 Å². The fraction of sp³-hybridized carbons (Fsp3) is 0.261. The van der Waals surface area contributed by atoms with Crippen LogP contribution in [0.3, 0.4) is 0 Å². The molecule has 0 aliphatic carbocycles. The lowest BCUT2D eigenvalue weighted by Crippen LogP contribution is -2.50. The van der Waals surface area contributed by atoms with E-state index in [-0.39, 0.29) is 25.1 Å². The Morgan fingerprint density at radius 1 is 1.09 bits per heavy atom. The van der Waals surface area contributed by atoms with Gasteiger partial charge in [-0.15, -0.1) is 0 Å². The van der Waals surface area contributed by atoms with E-state index in [0.29, 0.717) is 6.54 Å². The third-order valence-electron chi connectivity index (χ3n) is 4.84. The number of nitrogens with one attached hydrogen (secondary N) is 2. The molecule has 0 saturated carbocycles. The van der Waals surface area contributed by atoms with Gasteiger partial charge in [-0.1, -0.05) is 12.1 Å². The van der Waals surface area contributed by atoms with E-state index in [1.165, 1.54) is 18.3 Å². The van der Waals surface area contributed by atoms with Crippen LogP contribution in [0, 0.1) is 15.2 Å². The lowest BCUT2D eigenvalue weighted by Gasteiger charge is -2.25. The number of rotatable bonds is 10. The second-order valence-electron chi connectivity index (χ2n) is 7.50. The van der Waals surface area contributed by atoms with Crippen molar-refractivity contribution in [3.63, 3.8) is 0 Å². The van der Waals surface area contributed by atoms with Crippen LogP contribution in [0.25, 0.3) is 0 Å². The third-order valence-corrected chi connectivity index (χ3v) is 5.51. The molecule has 0 spiro atoms. The van der Waals surface area contributed by atoms with E-state index in [0.717, 1.165) is 32.0 Å². The highest BCUT2D eigenvalue weighted by Crippen LogP contribution is 2.12. The Hall–Kier alpha value is -2.70. The fourth-order valence-electron chi connectivity index (χ4n) is 3.31. The van der Waals surface area contributed by atoms with Gasteiger partial charge in [0, 0.05) is 35.0 Å². The minimum Gasteiger partial charge on any atom is -0.390 e. The number of hydrogen-bond donors (Lipinski definition) is 3. The summed E-state index contributed by atoms with van der Waals surface area (Å²) in [5, 5.41) is 20.4. The van der Waals surface area contributed by atoms with Crippen LogP contribution in [0.4, 0.5) is 8.78 Å². The number of nitrogens with zero attached hydrogens (tertiary/aromatic N) is 2. The van der Waals surface area contributed by atoms with E-state index in [4.69, 9.17) is 0 Å². The zero-order chi connectivity index (χ0) is 23.8.